The van der Waals surface area contributed by atoms with Gasteiger partial charge in [0.1, 0.15) is 13.3 Å². The van der Waals surface area contributed by atoms with Crippen molar-refractivity contribution in [2.45, 2.75) is 26.3 Å². The van der Waals surface area contributed by atoms with Gasteiger partial charge in [-0.1, -0.05) is 19.9 Å². The molecule has 0 aromatic carbocycles. The summed E-state index contributed by atoms with van der Waals surface area (Å²) in [5.41, 5.74) is 0. The van der Waals surface area contributed by atoms with Crippen molar-refractivity contribution < 1.29 is 14.1 Å². The van der Waals surface area contributed by atoms with Crippen LogP contribution < -0.4 is 5.09 Å². The number of esters is 1. The number of ether oxygens (including phenoxy) is 1. The minimum atomic E-state index is -2.47. The summed E-state index contributed by atoms with van der Waals surface area (Å²) in [6.07, 6.45) is 1.61. The molecular formula is C12H20NO3PS. The van der Waals surface area contributed by atoms with Gasteiger partial charge in [0, 0.05) is 23.6 Å². The van der Waals surface area contributed by atoms with E-state index in [2.05, 4.69) is 5.09 Å². The highest BCUT2D eigenvalue weighted by molar-refractivity contribution is 7.61. The average Bonchev–Trinajstić information content (AvgIpc) is 2.89. The van der Waals surface area contributed by atoms with E-state index in [4.69, 9.17) is 4.74 Å². The normalized spacial score (nSPS) is 13.3. The maximum Gasteiger partial charge on any atom is 0.323 e. The SMILES string of the molecule is CCP(=O)(CC)N[C@@H](Cc1cccs1)C(=O)OC. The molecule has 6 heteroatoms. The van der Waals surface area contributed by atoms with E-state index >= 15 is 0 Å². The van der Waals surface area contributed by atoms with Crippen molar-refractivity contribution >= 4 is 24.6 Å². The minimum absolute atomic E-state index is 0.356. The fourth-order valence-electron chi connectivity index (χ4n) is 1.64. The van der Waals surface area contributed by atoms with Crippen molar-refractivity contribution in [3.05, 3.63) is 22.4 Å². The zero-order chi connectivity index (χ0) is 13.6. The summed E-state index contributed by atoms with van der Waals surface area (Å²) < 4.78 is 17.2. The summed E-state index contributed by atoms with van der Waals surface area (Å²) in [4.78, 5) is 12.8. The smallest absolute Gasteiger partial charge is 0.323 e. The van der Waals surface area contributed by atoms with E-state index in [0.29, 0.717) is 18.7 Å². The quantitative estimate of drug-likeness (QED) is 0.619. The van der Waals surface area contributed by atoms with Crippen LogP contribution in [0.4, 0.5) is 0 Å². The number of rotatable bonds is 7. The van der Waals surface area contributed by atoms with Crippen molar-refractivity contribution in [1.29, 1.82) is 0 Å². The van der Waals surface area contributed by atoms with Crippen LogP contribution >= 0.6 is 18.6 Å². The highest BCUT2D eigenvalue weighted by atomic mass is 32.1. The largest absolute Gasteiger partial charge is 0.468 e. The Bertz CT molecular complexity index is 411. The molecule has 4 nitrogen and oxygen atoms in total. The topological polar surface area (TPSA) is 55.4 Å². The molecule has 18 heavy (non-hydrogen) atoms. The Morgan fingerprint density at radius 2 is 2.17 bits per heavy atom. The Morgan fingerprint density at radius 1 is 1.50 bits per heavy atom. The standard InChI is InChI=1S/C12H20NO3PS/c1-4-17(15,5-2)13-11(12(14)16-3)9-10-7-6-8-18-10/h6-8,11H,4-5,9H2,1-3H3,(H,13,15)/t11-/m0/s1. The van der Waals surface area contributed by atoms with Crippen LogP contribution in [0, 0.1) is 0 Å². The summed E-state index contributed by atoms with van der Waals surface area (Å²) in [6, 6.07) is 3.37. The zero-order valence-electron chi connectivity index (χ0n) is 11.0. The Hall–Kier alpha value is -0.640. The molecule has 1 atom stereocenters. The first kappa shape index (κ1) is 15.4. The van der Waals surface area contributed by atoms with Gasteiger partial charge in [0.15, 0.2) is 0 Å². The van der Waals surface area contributed by atoms with Crippen LogP contribution in [0.3, 0.4) is 0 Å². The third kappa shape index (κ3) is 4.23. The number of carbonyl (C=O) groups is 1. The molecule has 0 radical (unpaired) electrons. The second-order valence-corrected chi connectivity index (χ2v) is 8.34. The van der Waals surface area contributed by atoms with E-state index in [9.17, 15) is 9.36 Å². The van der Waals surface area contributed by atoms with Gasteiger partial charge in [-0.05, 0) is 11.4 Å². The Labute approximate surface area is 112 Å². The summed E-state index contributed by atoms with van der Waals surface area (Å²) in [5.74, 6) is -0.356. The molecule has 0 fully saturated rings. The molecule has 1 N–H and O–H groups in total. The second-order valence-electron chi connectivity index (χ2n) is 4.01. The van der Waals surface area contributed by atoms with Crippen LogP contribution in [0.2, 0.25) is 0 Å². The highest BCUT2D eigenvalue weighted by Gasteiger charge is 2.27. The molecule has 0 amide bonds. The van der Waals surface area contributed by atoms with Gasteiger partial charge in [-0.25, -0.2) is 0 Å². The molecule has 0 aliphatic heterocycles. The zero-order valence-corrected chi connectivity index (χ0v) is 12.7. The first-order valence-electron chi connectivity index (χ1n) is 6.00. The number of nitrogens with one attached hydrogen (secondary N) is 1. The van der Waals surface area contributed by atoms with E-state index in [0.717, 1.165) is 4.88 Å². The van der Waals surface area contributed by atoms with Crippen LogP contribution in [0.25, 0.3) is 0 Å². The molecule has 1 heterocycles. The van der Waals surface area contributed by atoms with Crippen molar-refractivity contribution in [1.82, 2.24) is 5.09 Å². The Kier molecular flexibility index (Phi) is 6.06. The molecule has 0 aliphatic carbocycles. The third-order valence-electron chi connectivity index (χ3n) is 2.88. The predicted octanol–water partition coefficient (Wildman–Crippen LogP) is 2.74. The molecule has 0 aliphatic rings. The molecule has 0 saturated carbocycles. The monoisotopic (exact) mass is 289 g/mol. The second kappa shape index (κ2) is 7.07. The van der Waals surface area contributed by atoms with Crippen molar-refractivity contribution in [3.8, 4) is 0 Å². The van der Waals surface area contributed by atoms with E-state index in [1.165, 1.54) is 7.11 Å². The Morgan fingerprint density at radius 3 is 2.61 bits per heavy atom. The lowest BCUT2D eigenvalue weighted by Gasteiger charge is -2.22. The fraction of sp³-hybridized carbons (Fsp3) is 0.583. The highest BCUT2D eigenvalue weighted by Crippen LogP contribution is 2.40. The van der Waals surface area contributed by atoms with E-state index in [-0.39, 0.29) is 5.97 Å². The van der Waals surface area contributed by atoms with Crippen LogP contribution in [0.15, 0.2) is 17.5 Å². The molecule has 0 spiro atoms. The molecule has 0 saturated heterocycles. The summed E-state index contributed by atoms with van der Waals surface area (Å²) in [6.45, 7) is 3.74. The summed E-state index contributed by atoms with van der Waals surface area (Å²) in [7, 11) is -1.11. The van der Waals surface area contributed by atoms with Crippen LogP contribution in [0.5, 0.6) is 0 Å². The number of hydrogen-bond donors (Lipinski definition) is 1. The lowest BCUT2D eigenvalue weighted by Crippen LogP contribution is -2.38. The maximum absolute atomic E-state index is 12.4. The number of thiophene rings is 1. The first-order chi connectivity index (χ1) is 8.54. The molecule has 1 aromatic rings. The molecule has 0 bridgehead atoms. The molecular weight excluding hydrogens is 269 g/mol. The van der Waals surface area contributed by atoms with Gasteiger partial charge in [-0.2, -0.15) is 0 Å². The summed E-state index contributed by atoms with van der Waals surface area (Å²) >= 11 is 1.58. The number of carbonyl (C=O) groups excluding carboxylic acids is 1. The van der Waals surface area contributed by atoms with E-state index < -0.39 is 13.3 Å². The van der Waals surface area contributed by atoms with Crippen molar-refractivity contribution in [2.75, 3.05) is 19.4 Å². The van der Waals surface area contributed by atoms with Gasteiger partial charge < -0.3 is 9.30 Å². The molecule has 1 rings (SSSR count). The van der Waals surface area contributed by atoms with Crippen LogP contribution in [-0.4, -0.2) is 31.4 Å². The van der Waals surface area contributed by atoms with Crippen LogP contribution in [0.1, 0.15) is 18.7 Å². The lowest BCUT2D eigenvalue weighted by molar-refractivity contribution is -0.142. The average molecular weight is 289 g/mol. The van der Waals surface area contributed by atoms with Gasteiger partial charge in [-0.15, -0.1) is 11.3 Å². The molecule has 102 valence electrons. The predicted molar refractivity (Wildman–Crippen MR) is 75.7 cm³/mol. The molecule has 1 aromatic heterocycles. The number of methoxy groups -OCH3 is 1. The minimum Gasteiger partial charge on any atom is -0.468 e. The third-order valence-corrected chi connectivity index (χ3v) is 6.61. The summed E-state index contributed by atoms with van der Waals surface area (Å²) in [5, 5.41) is 4.97. The van der Waals surface area contributed by atoms with Gasteiger partial charge in [0.05, 0.1) is 7.11 Å². The van der Waals surface area contributed by atoms with Gasteiger partial charge >= 0.3 is 5.97 Å². The maximum atomic E-state index is 12.4. The first-order valence-corrected chi connectivity index (χ1v) is 8.96. The van der Waals surface area contributed by atoms with Crippen molar-refractivity contribution in [3.63, 3.8) is 0 Å². The van der Waals surface area contributed by atoms with Gasteiger partial charge in [0.25, 0.3) is 0 Å². The van der Waals surface area contributed by atoms with Crippen molar-refractivity contribution in [2.24, 2.45) is 0 Å². The number of hydrogen-bond acceptors (Lipinski definition) is 4. The van der Waals surface area contributed by atoms with E-state index in [1.54, 1.807) is 11.3 Å². The molecule has 0 unspecified atom stereocenters. The Balaban J connectivity index is 2.79. The van der Waals surface area contributed by atoms with E-state index in [1.807, 2.05) is 31.4 Å². The van der Waals surface area contributed by atoms with Crippen LogP contribution in [-0.2, 0) is 20.5 Å². The fourth-order valence-corrected chi connectivity index (χ4v) is 3.97. The van der Waals surface area contributed by atoms with Gasteiger partial charge in [-0.3, -0.25) is 9.88 Å². The lowest BCUT2D eigenvalue weighted by atomic mass is 10.2. The van der Waals surface area contributed by atoms with Gasteiger partial charge in [0.2, 0.25) is 0 Å².